The number of nitrogens with zero attached hydrogens (tertiary/aromatic N) is 3. The summed E-state index contributed by atoms with van der Waals surface area (Å²) >= 11 is 0. The third-order valence-corrected chi connectivity index (χ3v) is 7.21. The van der Waals surface area contributed by atoms with Crippen LogP contribution in [0.15, 0.2) is 70.7 Å². The van der Waals surface area contributed by atoms with Gasteiger partial charge in [0.05, 0.1) is 16.0 Å². The first-order valence-corrected chi connectivity index (χ1v) is 11.0. The van der Waals surface area contributed by atoms with Crippen LogP contribution in [0.4, 0.5) is 0 Å². The van der Waals surface area contributed by atoms with Gasteiger partial charge in [-0.2, -0.15) is 5.10 Å². The highest BCUT2D eigenvalue weighted by molar-refractivity contribution is 7.91. The topological polar surface area (TPSA) is 55.2 Å². The van der Waals surface area contributed by atoms with Gasteiger partial charge in [-0.25, -0.2) is 8.42 Å². The van der Waals surface area contributed by atoms with E-state index in [2.05, 4.69) is 16.2 Å². The molecule has 5 nitrogen and oxygen atoms in total. The van der Waals surface area contributed by atoms with Gasteiger partial charge in [-0.05, 0) is 56.1 Å². The first kappa shape index (κ1) is 18.9. The lowest BCUT2D eigenvalue weighted by atomic mass is 10.1. The summed E-state index contributed by atoms with van der Waals surface area (Å²) in [5, 5.41) is 4.30. The number of hydrogen-bond acceptors (Lipinski definition) is 4. The second-order valence-electron chi connectivity index (χ2n) is 7.54. The quantitative estimate of drug-likeness (QED) is 0.657. The van der Waals surface area contributed by atoms with Gasteiger partial charge in [0.1, 0.15) is 0 Å². The van der Waals surface area contributed by atoms with Gasteiger partial charge in [0.25, 0.3) is 0 Å². The Kier molecular flexibility index (Phi) is 5.08. The lowest BCUT2D eigenvalue weighted by molar-refractivity contribution is 0.248. The molecule has 1 atom stereocenters. The summed E-state index contributed by atoms with van der Waals surface area (Å²) in [5.74, 6) is 0. The maximum Gasteiger partial charge on any atom is 0.206 e. The van der Waals surface area contributed by atoms with Crippen molar-refractivity contribution >= 4 is 9.84 Å². The number of sulfone groups is 1. The number of rotatable bonds is 5. The molecule has 3 aromatic rings. The molecule has 146 valence electrons. The molecule has 4 rings (SSSR count). The van der Waals surface area contributed by atoms with Crippen molar-refractivity contribution in [1.29, 1.82) is 0 Å². The molecule has 1 fully saturated rings. The summed E-state index contributed by atoms with van der Waals surface area (Å²) in [7, 11) is -1.53. The van der Waals surface area contributed by atoms with Gasteiger partial charge in [0.2, 0.25) is 9.84 Å². The number of benzene rings is 2. The third kappa shape index (κ3) is 3.75. The van der Waals surface area contributed by atoms with Crippen LogP contribution in [-0.4, -0.2) is 29.6 Å². The van der Waals surface area contributed by atoms with Gasteiger partial charge in [0, 0.05) is 31.4 Å². The van der Waals surface area contributed by atoms with Crippen LogP contribution in [0.25, 0.3) is 0 Å². The zero-order chi connectivity index (χ0) is 19.7. The average molecular weight is 396 g/mol. The van der Waals surface area contributed by atoms with Crippen LogP contribution in [0.3, 0.4) is 0 Å². The predicted octanol–water partition coefficient (Wildman–Crippen LogP) is 3.90. The highest BCUT2D eigenvalue weighted by atomic mass is 32.2. The molecule has 1 saturated heterocycles. The standard InChI is InChI=1S/C22H25N3O2S/c1-17-5-9-20(10-6-17)28(26,27)21-11-7-18(8-12-21)15-25-13-3-4-22(25)19-14-23-24(2)16-19/h5-12,14,16,22H,3-4,13,15H2,1-2H3. The molecule has 28 heavy (non-hydrogen) atoms. The van der Waals surface area contributed by atoms with Crippen molar-refractivity contribution < 1.29 is 8.42 Å². The van der Waals surface area contributed by atoms with Crippen molar-refractivity contribution in [3.05, 3.63) is 77.6 Å². The van der Waals surface area contributed by atoms with E-state index in [4.69, 9.17) is 0 Å². The molecule has 1 unspecified atom stereocenters. The van der Waals surface area contributed by atoms with Crippen molar-refractivity contribution in [2.75, 3.05) is 6.54 Å². The average Bonchev–Trinajstić information content (AvgIpc) is 3.31. The largest absolute Gasteiger partial charge is 0.292 e. The first-order chi connectivity index (χ1) is 13.4. The maximum atomic E-state index is 12.8. The van der Waals surface area contributed by atoms with Gasteiger partial charge >= 0.3 is 0 Å². The molecule has 0 aliphatic carbocycles. The van der Waals surface area contributed by atoms with Crippen LogP contribution < -0.4 is 0 Å². The van der Waals surface area contributed by atoms with Crippen LogP contribution in [0.1, 0.15) is 35.6 Å². The Bertz CT molecular complexity index is 1050. The molecule has 2 heterocycles. The van der Waals surface area contributed by atoms with Crippen molar-refractivity contribution in [2.24, 2.45) is 7.05 Å². The lowest BCUT2D eigenvalue weighted by Crippen LogP contribution is -2.22. The van der Waals surface area contributed by atoms with Crippen LogP contribution in [-0.2, 0) is 23.4 Å². The van der Waals surface area contributed by atoms with Crippen molar-refractivity contribution in [1.82, 2.24) is 14.7 Å². The fourth-order valence-electron chi connectivity index (χ4n) is 3.87. The molecule has 0 spiro atoms. The minimum absolute atomic E-state index is 0.335. The Morgan fingerprint density at radius 2 is 1.68 bits per heavy atom. The summed E-state index contributed by atoms with van der Waals surface area (Å²) in [4.78, 5) is 3.12. The third-order valence-electron chi connectivity index (χ3n) is 5.42. The van der Waals surface area contributed by atoms with Crippen LogP contribution in [0.5, 0.6) is 0 Å². The zero-order valence-corrected chi connectivity index (χ0v) is 17.1. The molecule has 0 amide bonds. The fraction of sp³-hybridized carbons (Fsp3) is 0.318. The minimum Gasteiger partial charge on any atom is -0.292 e. The lowest BCUT2D eigenvalue weighted by Gasteiger charge is -2.23. The SMILES string of the molecule is Cc1ccc(S(=O)(=O)c2ccc(CN3CCCC3c3cnn(C)c3)cc2)cc1. The molecule has 1 aromatic heterocycles. The minimum atomic E-state index is -3.48. The van der Waals surface area contributed by atoms with Crippen LogP contribution in [0.2, 0.25) is 0 Å². The Morgan fingerprint density at radius 3 is 2.29 bits per heavy atom. The van der Waals surface area contributed by atoms with E-state index in [0.29, 0.717) is 15.8 Å². The van der Waals surface area contributed by atoms with Crippen LogP contribution in [0, 0.1) is 6.92 Å². The van der Waals surface area contributed by atoms with E-state index in [1.165, 1.54) is 12.0 Å². The molecule has 1 aliphatic rings. The van der Waals surface area contributed by atoms with Gasteiger partial charge in [-0.1, -0.05) is 29.8 Å². The van der Waals surface area contributed by atoms with Crippen molar-refractivity contribution in [3.63, 3.8) is 0 Å². The van der Waals surface area contributed by atoms with Gasteiger partial charge in [-0.3, -0.25) is 9.58 Å². The molecule has 2 aromatic carbocycles. The summed E-state index contributed by atoms with van der Waals surface area (Å²) in [5.41, 5.74) is 3.42. The van der Waals surface area contributed by atoms with Crippen molar-refractivity contribution in [2.45, 2.75) is 42.1 Å². The highest BCUT2D eigenvalue weighted by Crippen LogP contribution is 2.33. The second-order valence-corrected chi connectivity index (χ2v) is 9.49. The van der Waals surface area contributed by atoms with E-state index in [9.17, 15) is 8.42 Å². The molecule has 1 aliphatic heterocycles. The van der Waals surface area contributed by atoms with E-state index in [0.717, 1.165) is 30.6 Å². The van der Waals surface area contributed by atoms with Gasteiger partial charge < -0.3 is 0 Å². The van der Waals surface area contributed by atoms with Gasteiger partial charge in [-0.15, -0.1) is 0 Å². The monoisotopic (exact) mass is 395 g/mol. The Morgan fingerprint density at radius 1 is 1.04 bits per heavy atom. The normalized spacial score (nSPS) is 17.9. The summed E-state index contributed by atoms with van der Waals surface area (Å²) < 4.78 is 27.5. The zero-order valence-electron chi connectivity index (χ0n) is 16.2. The summed E-state index contributed by atoms with van der Waals surface area (Å²) in [6.07, 6.45) is 6.32. The second kappa shape index (κ2) is 7.53. The smallest absolute Gasteiger partial charge is 0.206 e. The molecule has 0 bridgehead atoms. The highest BCUT2D eigenvalue weighted by Gasteiger charge is 2.27. The molecular weight excluding hydrogens is 370 g/mol. The number of aromatic nitrogens is 2. The first-order valence-electron chi connectivity index (χ1n) is 9.57. The molecule has 6 heteroatoms. The summed E-state index contributed by atoms with van der Waals surface area (Å²) in [6, 6.07) is 14.7. The number of likely N-dealkylation sites (tertiary alicyclic amines) is 1. The molecule has 0 saturated carbocycles. The van der Waals surface area contributed by atoms with E-state index in [1.54, 1.807) is 24.3 Å². The number of aryl methyl sites for hydroxylation is 2. The van der Waals surface area contributed by atoms with Crippen LogP contribution >= 0.6 is 0 Å². The predicted molar refractivity (Wildman–Crippen MR) is 109 cm³/mol. The van der Waals surface area contributed by atoms with E-state index in [-0.39, 0.29) is 0 Å². The van der Waals surface area contributed by atoms with E-state index < -0.39 is 9.84 Å². The van der Waals surface area contributed by atoms with E-state index >= 15 is 0 Å². The van der Waals surface area contributed by atoms with Crippen molar-refractivity contribution in [3.8, 4) is 0 Å². The number of hydrogen-bond donors (Lipinski definition) is 0. The molecule has 0 N–H and O–H groups in total. The summed E-state index contributed by atoms with van der Waals surface area (Å²) in [6.45, 7) is 3.80. The Balaban J connectivity index is 1.51. The molecular formula is C22H25N3O2S. The maximum absolute atomic E-state index is 12.8. The fourth-order valence-corrected chi connectivity index (χ4v) is 5.13. The van der Waals surface area contributed by atoms with E-state index in [1.807, 2.05) is 49.1 Å². The van der Waals surface area contributed by atoms with Gasteiger partial charge in [0.15, 0.2) is 0 Å². The Labute approximate surface area is 166 Å². The molecule has 0 radical (unpaired) electrons. The Hall–Kier alpha value is -2.44.